The van der Waals surface area contributed by atoms with Crippen molar-refractivity contribution in [3.8, 4) is 5.75 Å². The molecule has 5 nitrogen and oxygen atoms in total. The lowest BCUT2D eigenvalue weighted by Crippen LogP contribution is -2.33. The summed E-state index contributed by atoms with van der Waals surface area (Å²) in [5.74, 6) is 0.733. The lowest BCUT2D eigenvalue weighted by Gasteiger charge is -2.15. The maximum absolute atomic E-state index is 8.62. The van der Waals surface area contributed by atoms with Crippen molar-refractivity contribution in [1.29, 1.82) is 0 Å². The van der Waals surface area contributed by atoms with Crippen molar-refractivity contribution in [2.75, 3.05) is 0 Å². The summed E-state index contributed by atoms with van der Waals surface area (Å²) >= 11 is 0. The summed E-state index contributed by atoms with van der Waals surface area (Å²) in [6.07, 6.45) is 1.82. The minimum Gasteiger partial charge on any atom is -0.482 e. The van der Waals surface area contributed by atoms with Gasteiger partial charge >= 0.3 is 0 Å². The Kier molecular flexibility index (Phi) is 4.85. The maximum atomic E-state index is 8.62. The molecule has 0 aliphatic rings. The first-order valence-corrected chi connectivity index (χ1v) is 5.36. The predicted molar refractivity (Wildman–Crippen MR) is 71.6 cm³/mol. The van der Waals surface area contributed by atoms with Gasteiger partial charge in [-0.1, -0.05) is 12.1 Å². The molecular weight excluding hydrogens is 256 g/mol. The normalized spacial score (nSPS) is 13.1. The summed E-state index contributed by atoms with van der Waals surface area (Å²) in [5, 5.41) is 12.5. The molecule has 0 amide bonds. The zero-order chi connectivity index (χ0) is 12.3. The second-order valence-corrected chi connectivity index (χ2v) is 3.66. The molecule has 18 heavy (non-hydrogen) atoms. The number of hydrogen-bond acceptors (Lipinski definition) is 4. The van der Waals surface area contributed by atoms with Crippen LogP contribution in [0.1, 0.15) is 13.3 Å². The summed E-state index contributed by atoms with van der Waals surface area (Å²) < 4.78 is 10.9. The molecule has 6 heteroatoms. The van der Waals surface area contributed by atoms with E-state index in [2.05, 4.69) is 5.16 Å². The van der Waals surface area contributed by atoms with Crippen LogP contribution in [0, 0.1) is 0 Å². The fraction of sp³-hybridized carbons (Fsp3) is 0.250. The van der Waals surface area contributed by atoms with Crippen molar-refractivity contribution in [1.82, 2.24) is 0 Å². The molecule has 0 fully saturated rings. The Balaban J connectivity index is 0.00000162. The molecule has 2 rings (SSSR count). The number of nitrogens with two attached hydrogens (primary N) is 1. The summed E-state index contributed by atoms with van der Waals surface area (Å²) in [6.45, 7) is 1.90. The van der Waals surface area contributed by atoms with Crippen LogP contribution in [0.3, 0.4) is 0 Å². The molecule has 1 heterocycles. The van der Waals surface area contributed by atoms with E-state index in [1.54, 1.807) is 12.3 Å². The largest absolute Gasteiger partial charge is 0.482 e. The van der Waals surface area contributed by atoms with E-state index in [9.17, 15) is 0 Å². The molecule has 0 bridgehead atoms. The highest BCUT2D eigenvalue weighted by molar-refractivity contribution is 5.85. The van der Waals surface area contributed by atoms with Gasteiger partial charge in [0.1, 0.15) is 11.3 Å². The zero-order valence-electron chi connectivity index (χ0n) is 9.87. The smallest absolute Gasteiger partial charge is 0.180 e. The molecule has 98 valence electrons. The van der Waals surface area contributed by atoms with E-state index in [1.165, 1.54) is 0 Å². The number of ether oxygens (including phenoxy) is 1. The van der Waals surface area contributed by atoms with Crippen LogP contribution in [0.25, 0.3) is 11.0 Å². The summed E-state index contributed by atoms with van der Waals surface area (Å²) in [6, 6.07) is 7.32. The quantitative estimate of drug-likeness (QED) is 0.387. The van der Waals surface area contributed by atoms with Gasteiger partial charge in [0, 0.05) is 5.39 Å². The first-order valence-electron chi connectivity index (χ1n) is 5.36. The molecule has 0 aliphatic heterocycles. The summed E-state index contributed by atoms with van der Waals surface area (Å²) in [7, 11) is 0. The predicted octanol–water partition coefficient (Wildman–Crippen LogP) is 2.76. The van der Waals surface area contributed by atoms with E-state index in [0.717, 1.165) is 11.0 Å². The van der Waals surface area contributed by atoms with Crippen molar-refractivity contribution in [2.45, 2.75) is 19.4 Å². The van der Waals surface area contributed by atoms with Crippen molar-refractivity contribution >= 4 is 29.2 Å². The van der Waals surface area contributed by atoms with Gasteiger partial charge in [0.25, 0.3) is 0 Å². The number of amidine groups is 1. The molecule has 1 aromatic heterocycles. The Morgan fingerprint density at radius 3 is 2.94 bits per heavy atom. The lowest BCUT2D eigenvalue weighted by molar-refractivity contribution is 0.247. The van der Waals surface area contributed by atoms with E-state index in [1.807, 2.05) is 25.1 Å². The number of rotatable bonds is 4. The van der Waals surface area contributed by atoms with Gasteiger partial charge in [-0.25, -0.2) is 0 Å². The van der Waals surface area contributed by atoms with Crippen molar-refractivity contribution in [3.05, 3.63) is 30.5 Å². The van der Waals surface area contributed by atoms with Crippen LogP contribution in [0.4, 0.5) is 0 Å². The molecule has 1 unspecified atom stereocenters. The van der Waals surface area contributed by atoms with E-state index in [0.29, 0.717) is 12.2 Å². The Labute approximate surface area is 111 Å². The first-order chi connectivity index (χ1) is 8.24. The molecule has 1 atom stereocenters. The minimum absolute atomic E-state index is 0. The van der Waals surface area contributed by atoms with Crippen LogP contribution in [0.5, 0.6) is 5.75 Å². The zero-order valence-corrected chi connectivity index (χ0v) is 10.7. The van der Waals surface area contributed by atoms with Gasteiger partial charge in [-0.2, -0.15) is 0 Å². The first kappa shape index (κ1) is 14.2. The molecule has 0 aliphatic carbocycles. The number of furan rings is 1. The summed E-state index contributed by atoms with van der Waals surface area (Å²) in [4.78, 5) is 0. The van der Waals surface area contributed by atoms with Gasteiger partial charge in [0.2, 0.25) is 0 Å². The van der Waals surface area contributed by atoms with Crippen LogP contribution in [-0.4, -0.2) is 17.1 Å². The Morgan fingerprint density at radius 2 is 2.28 bits per heavy atom. The number of halogens is 1. The Morgan fingerprint density at radius 1 is 1.50 bits per heavy atom. The molecule has 0 spiro atoms. The fourth-order valence-corrected chi connectivity index (χ4v) is 1.60. The molecule has 0 saturated heterocycles. The number of oxime groups is 1. The average Bonchev–Trinajstić information content (AvgIpc) is 2.82. The SMILES string of the molecule is CCC(Oc1ccc2occc2c1)C(N)=NO.Cl. The van der Waals surface area contributed by atoms with Crippen LogP contribution in [-0.2, 0) is 0 Å². The molecule has 0 radical (unpaired) electrons. The second-order valence-electron chi connectivity index (χ2n) is 3.66. The van der Waals surface area contributed by atoms with E-state index in [-0.39, 0.29) is 18.2 Å². The van der Waals surface area contributed by atoms with Crippen LogP contribution in [0.2, 0.25) is 0 Å². The molecule has 0 saturated carbocycles. The van der Waals surface area contributed by atoms with Gasteiger partial charge in [0.05, 0.1) is 6.26 Å². The Hall–Kier alpha value is -1.88. The lowest BCUT2D eigenvalue weighted by atomic mass is 10.2. The molecule has 1 aromatic carbocycles. The number of benzene rings is 1. The second kappa shape index (κ2) is 6.16. The highest BCUT2D eigenvalue weighted by Gasteiger charge is 2.13. The van der Waals surface area contributed by atoms with Gasteiger partial charge in [-0.05, 0) is 30.7 Å². The minimum atomic E-state index is -0.427. The standard InChI is InChI=1S/C12H14N2O3.ClH/c1-2-10(12(13)14-15)17-9-3-4-11-8(7-9)5-6-16-11;/h3-7,10,15H,2H2,1H3,(H2,13,14);1H. The van der Waals surface area contributed by atoms with E-state index < -0.39 is 6.10 Å². The monoisotopic (exact) mass is 270 g/mol. The van der Waals surface area contributed by atoms with Gasteiger partial charge in [-0.15, -0.1) is 12.4 Å². The highest BCUT2D eigenvalue weighted by Crippen LogP contribution is 2.22. The van der Waals surface area contributed by atoms with Crippen LogP contribution < -0.4 is 10.5 Å². The third kappa shape index (κ3) is 2.87. The fourth-order valence-electron chi connectivity index (χ4n) is 1.60. The van der Waals surface area contributed by atoms with Gasteiger partial charge in [-0.3, -0.25) is 0 Å². The highest BCUT2D eigenvalue weighted by atomic mass is 35.5. The molecule has 3 N–H and O–H groups in total. The Bertz CT molecular complexity index is 539. The third-order valence-corrected chi connectivity index (χ3v) is 2.52. The number of fused-ring (bicyclic) bond motifs is 1. The number of nitrogens with zero attached hydrogens (tertiary/aromatic N) is 1. The van der Waals surface area contributed by atoms with Crippen molar-refractivity contribution in [3.63, 3.8) is 0 Å². The van der Waals surface area contributed by atoms with E-state index in [4.69, 9.17) is 20.1 Å². The van der Waals surface area contributed by atoms with Crippen molar-refractivity contribution in [2.24, 2.45) is 10.9 Å². The maximum Gasteiger partial charge on any atom is 0.180 e. The van der Waals surface area contributed by atoms with E-state index >= 15 is 0 Å². The molecule has 2 aromatic rings. The van der Waals surface area contributed by atoms with Crippen molar-refractivity contribution < 1.29 is 14.4 Å². The number of hydrogen-bond donors (Lipinski definition) is 2. The molecular formula is C12H15ClN2O3. The summed E-state index contributed by atoms with van der Waals surface area (Å²) in [5.41, 5.74) is 6.32. The van der Waals surface area contributed by atoms with Gasteiger partial charge in [0.15, 0.2) is 11.9 Å². The van der Waals surface area contributed by atoms with Crippen LogP contribution >= 0.6 is 12.4 Å². The third-order valence-electron chi connectivity index (χ3n) is 2.52. The topological polar surface area (TPSA) is 81.0 Å². The van der Waals surface area contributed by atoms with Gasteiger partial charge < -0.3 is 20.1 Å². The van der Waals surface area contributed by atoms with Crippen LogP contribution in [0.15, 0.2) is 40.1 Å². The average molecular weight is 271 g/mol.